The van der Waals surface area contributed by atoms with Gasteiger partial charge in [0.2, 0.25) is 0 Å². The van der Waals surface area contributed by atoms with Gasteiger partial charge in [-0.25, -0.2) is 0 Å². The van der Waals surface area contributed by atoms with E-state index in [0.717, 1.165) is 0 Å². The van der Waals surface area contributed by atoms with E-state index in [2.05, 4.69) is 107 Å². The van der Waals surface area contributed by atoms with E-state index in [4.69, 9.17) is 0 Å². The van der Waals surface area contributed by atoms with Crippen LogP contribution >= 0.6 is 0 Å². The molecule has 0 fully saturated rings. The number of aromatic nitrogens is 1. The Morgan fingerprint density at radius 3 is 1.85 bits per heavy atom. The highest BCUT2D eigenvalue weighted by atomic mass is 15.0. The van der Waals surface area contributed by atoms with Gasteiger partial charge in [0.15, 0.2) is 0 Å². The molecule has 0 radical (unpaired) electrons. The van der Waals surface area contributed by atoms with Crippen molar-refractivity contribution in [2.24, 2.45) is 0 Å². The highest BCUT2D eigenvalue weighted by molar-refractivity contribution is 6.09. The SMILES string of the molecule is Cc1ccc(-c2ccc3c(c2)c2cc(C(C)(C)C)ccc2n3C(C)C)cc1. The molecule has 1 aromatic heterocycles. The van der Waals surface area contributed by atoms with Crippen LogP contribution < -0.4 is 0 Å². The summed E-state index contributed by atoms with van der Waals surface area (Å²) in [5.41, 5.74) is 8.04. The molecular weight excluding hydrogens is 326 g/mol. The molecule has 0 unspecified atom stereocenters. The average Bonchev–Trinajstić information content (AvgIpc) is 2.94. The van der Waals surface area contributed by atoms with E-state index < -0.39 is 0 Å². The molecule has 0 aliphatic carbocycles. The van der Waals surface area contributed by atoms with Crippen molar-refractivity contribution < 1.29 is 0 Å². The first-order chi connectivity index (χ1) is 12.8. The number of hydrogen-bond donors (Lipinski definition) is 0. The minimum absolute atomic E-state index is 0.148. The summed E-state index contributed by atoms with van der Waals surface area (Å²) in [6.45, 7) is 13.5. The molecular formula is C26H29N. The summed E-state index contributed by atoms with van der Waals surface area (Å²) in [4.78, 5) is 0. The van der Waals surface area contributed by atoms with Crippen LogP contribution in [-0.4, -0.2) is 4.57 Å². The van der Waals surface area contributed by atoms with E-state index >= 15 is 0 Å². The standard InChI is InChI=1S/C26H29N/c1-17(2)27-24-13-11-20(19-9-7-18(3)8-10-19)15-22(24)23-16-21(26(4,5)6)12-14-25(23)27/h7-17H,1-6H3. The van der Waals surface area contributed by atoms with Crippen LogP contribution in [0.15, 0.2) is 60.7 Å². The van der Waals surface area contributed by atoms with E-state index in [1.807, 2.05) is 0 Å². The normalized spacial score (nSPS) is 12.4. The molecule has 1 nitrogen and oxygen atoms in total. The van der Waals surface area contributed by atoms with E-state index in [0.29, 0.717) is 6.04 Å². The second kappa shape index (κ2) is 6.27. The predicted octanol–water partition coefficient (Wildman–Crippen LogP) is 7.65. The molecule has 1 heterocycles. The van der Waals surface area contributed by atoms with Crippen molar-refractivity contribution in [1.29, 1.82) is 0 Å². The Morgan fingerprint density at radius 1 is 0.704 bits per heavy atom. The zero-order chi connectivity index (χ0) is 19.3. The first kappa shape index (κ1) is 17.9. The minimum atomic E-state index is 0.148. The first-order valence-corrected chi connectivity index (χ1v) is 9.91. The molecule has 0 aliphatic heterocycles. The Bertz CT molecular complexity index is 1120. The summed E-state index contributed by atoms with van der Waals surface area (Å²) >= 11 is 0. The molecule has 27 heavy (non-hydrogen) atoms. The van der Waals surface area contributed by atoms with Gasteiger partial charge in [-0.15, -0.1) is 0 Å². The van der Waals surface area contributed by atoms with Gasteiger partial charge in [0.05, 0.1) is 0 Å². The quantitative estimate of drug-likeness (QED) is 0.348. The van der Waals surface area contributed by atoms with Crippen LogP contribution in [0.2, 0.25) is 0 Å². The van der Waals surface area contributed by atoms with Gasteiger partial charge in [-0.2, -0.15) is 0 Å². The molecule has 0 atom stereocenters. The molecule has 0 saturated carbocycles. The zero-order valence-electron chi connectivity index (χ0n) is 17.3. The molecule has 138 valence electrons. The lowest BCUT2D eigenvalue weighted by molar-refractivity contribution is 0.591. The topological polar surface area (TPSA) is 4.93 Å². The molecule has 4 aromatic rings. The van der Waals surface area contributed by atoms with Crippen molar-refractivity contribution in [3.63, 3.8) is 0 Å². The van der Waals surface area contributed by atoms with Gasteiger partial charge in [-0.05, 0) is 67.1 Å². The van der Waals surface area contributed by atoms with E-state index in [9.17, 15) is 0 Å². The number of aryl methyl sites for hydroxylation is 1. The maximum atomic E-state index is 2.47. The van der Waals surface area contributed by atoms with Gasteiger partial charge in [0.1, 0.15) is 0 Å². The fraction of sp³-hybridized carbons (Fsp3) is 0.308. The Kier molecular flexibility index (Phi) is 4.14. The van der Waals surface area contributed by atoms with Gasteiger partial charge < -0.3 is 4.57 Å². The van der Waals surface area contributed by atoms with Crippen molar-refractivity contribution in [2.75, 3.05) is 0 Å². The van der Waals surface area contributed by atoms with Crippen LogP contribution in [-0.2, 0) is 5.41 Å². The van der Waals surface area contributed by atoms with E-state index in [1.54, 1.807) is 0 Å². The Morgan fingerprint density at radius 2 is 1.26 bits per heavy atom. The lowest BCUT2D eigenvalue weighted by Gasteiger charge is -2.19. The van der Waals surface area contributed by atoms with Gasteiger partial charge in [0, 0.05) is 27.8 Å². The monoisotopic (exact) mass is 355 g/mol. The summed E-state index contributed by atoms with van der Waals surface area (Å²) < 4.78 is 2.47. The van der Waals surface area contributed by atoms with Crippen molar-refractivity contribution >= 4 is 21.8 Å². The average molecular weight is 356 g/mol. The summed E-state index contributed by atoms with van der Waals surface area (Å²) in [6.07, 6.45) is 0. The molecule has 0 amide bonds. The van der Waals surface area contributed by atoms with Gasteiger partial charge in [0.25, 0.3) is 0 Å². The Balaban J connectivity index is 2.03. The summed E-state index contributed by atoms with van der Waals surface area (Å²) in [7, 11) is 0. The number of rotatable bonds is 2. The number of benzene rings is 3. The van der Waals surface area contributed by atoms with Crippen molar-refractivity contribution in [2.45, 2.75) is 53.0 Å². The Labute approximate surface area is 162 Å². The van der Waals surface area contributed by atoms with Gasteiger partial charge >= 0.3 is 0 Å². The maximum absolute atomic E-state index is 2.47. The molecule has 0 saturated heterocycles. The Hall–Kier alpha value is -2.54. The molecule has 0 aliphatic rings. The smallest absolute Gasteiger partial charge is 0.0494 e. The van der Waals surface area contributed by atoms with Gasteiger partial charge in [-0.3, -0.25) is 0 Å². The van der Waals surface area contributed by atoms with E-state index in [-0.39, 0.29) is 5.41 Å². The van der Waals surface area contributed by atoms with Crippen LogP contribution in [0.1, 0.15) is 51.8 Å². The highest BCUT2D eigenvalue weighted by Crippen LogP contribution is 2.37. The lowest BCUT2D eigenvalue weighted by atomic mass is 9.86. The third-order valence-electron chi connectivity index (χ3n) is 5.57. The molecule has 1 heteroatoms. The molecule has 3 aromatic carbocycles. The van der Waals surface area contributed by atoms with Crippen LogP contribution in [0.3, 0.4) is 0 Å². The number of fused-ring (bicyclic) bond motifs is 3. The van der Waals surface area contributed by atoms with Crippen molar-refractivity contribution in [1.82, 2.24) is 4.57 Å². The molecule has 0 N–H and O–H groups in total. The largest absolute Gasteiger partial charge is 0.338 e. The van der Waals surface area contributed by atoms with Crippen molar-refractivity contribution in [3.05, 3.63) is 71.8 Å². The maximum Gasteiger partial charge on any atom is 0.0494 e. The van der Waals surface area contributed by atoms with Crippen LogP contribution in [0, 0.1) is 6.92 Å². The fourth-order valence-corrected chi connectivity index (χ4v) is 4.00. The van der Waals surface area contributed by atoms with Gasteiger partial charge in [-0.1, -0.05) is 62.7 Å². The third-order valence-corrected chi connectivity index (χ3v) is 5.57. The third kappa shape index (κ3) is 3.06. The molecule has 0 bridgehead atoms. The van der Waals surface area contributed by atoms with Crippen molar-refractivity contribution in [3.8, 4) is 11.1 Å². The molecule has 4 rings (SSSR count). The second-order valence-electron chi connectivity index (χ2n) is 9.04. The second-order valence-corrected chi connectivity index (χ2v) is 9.04. The highest BCUT2D eigenvalue weighted by Gasteiger charge is 2.18. The minimum Gasteiger partial charge on any atom is -0.338 e. The first-order valence-electron chi connectivity index (χ1n) is 9.91. The summed E-state index contributed by atoms with van der Waals surface area (Å²) in [5, 5.41) is 2.71. The van der Waals surface area contributed by atoms with Crippen LogP contribution in [0.5, 0.6) is 0 Å². The number of hydrogen-bond acceptors (Lipinski definition) is 0. The fourth-order valence-electron chi connectivity index (χ4n) is 4.00. The summed E-state index contributed by atoms with van der Waals surface area (Å²) in [6, 6.07) is 23.2. The van der Waals surface area contributed by atoms with E-state index in [1.165, 1.54) is 44.1 Å². The lowest BCUT2D eigenvalue weighted by Crippen LogP contribution is -2.10. The number of nitrogens with zero attached hydrogens (tertiary/aromatic N) is 1. The predicted molar refractivity (Wildman–Crippen MR) is 119 cm³/mol. The summed E-state index contributed by atoms with van der Waals surface area (Å²) in [5.74, 6) is 0. The molecule has 0 spiro atoms. The van der Waals surface area contributed by atoms with Crippen LogP contribution in [0.4, 0.5) is 0 Å². The van der Waals surface area contributed by atoms with Crippen LogP contribution in [0.25, 0.3) is 32.9 Å². The zero-order valence-corrected chi connectivity index (χ0v) is 17.3.